The van der Waals surface area contributed by atoms with Gasteiger partial charge in [-0.25, -0.2) is 0 Å². The zero-order chi connectivity index (χ0) is 25.8. The van der Waals surface area contributed by atoms with Crippen LogP contribution in [0.25, 0.3) is 0 Å². The molecule has 5 heteroatoms. The zero-order valence-corrected chi connectivity index (χ0v) is 22.1. The van der Waals surface area contributed by atoms with Crippen LogP contribution >= 0.6 is 0 Å². The number of benzene rings is 2. The van der Waals surface area contributed by atoms with E-state index < -0.39 is 5.92 Å². The SMILES string of the molecule is COc1ccc(C2C3=C(CC(C)(C)CC3=O)N(c3ccccc3)C3=C2C(=O)CC(C)(C)C3)cc1OC. The van der Waals surface area contributed by atoms with Crippen LogP contribution < -0.4 is 14.4 Å². The van der Waals surface area contributed by atoms with E-state index in [0.717, 1.165) is 46.6 Å². The van der Waals surface area contributed by atoms with Crippen molar-refractivity contribution in [3.05, 3.63) is 76.6 Å². The molecular formula is C31H35NO4. The van der Waals surface area contributed by atoms with Crippen LogP contribution in [0.15, 0.2) is 71.1 Å². The summed E-state index contributed by atoms with van der Waals surface area (Å²) in [6.07, 6.45) is 2.44. The summed E-state index contributed by atoms with van der Waals surface area (Å²) in [4.78, 5) is 30.1. The molecule has 0 N–H and O–H groups in total. The molecule has 188 valence electrons. The third-order valence-electron chi connectivity index (χ3n) is 7.67. The number of nitrogens with zero attached hydrogens (tertiary/aromatic N) is 1. The predicted molar refractivity (Wildman–Crippen MR) is 141 cm³/mol. The molecule has 2 aromatic rings. The summed E-state index contributed by atoms with van der Waals surface area (Å²) in [6, 6.07) is 15.9. The van der Waals surface area contributed by atoms with Crippen molar-refractivity contribution >= 4 is 17.3 Å². The summed E-state index contributed by atoms with van der Waals surface area (Å²) in [6.45, 7) is 8.62. The Labute approximate surface area is 213 Å². The Kier molecular flexibility index (Phi) is 5.85. The number of ether oxygens (including phenoxy) is 2. The molecule has 0 saturated carbocycles. The first-order chi connectivity index (χ1) is 17.0. The molecule has 5 rings (SSSR count). The lowest BCUT2D eigenvalue weighted by molar-refractivity contribution is -0.119. The number of anilines is 1. The number of ketones is 2. The smallest absolute Gasteiger partial charge is 0.162 e. The molecule has 0 saturated heterocycles. The van der Waals surface area contributed by atoms with Gasteiger partial charge in [-0.2, -0.15) is 0 Å². The van der Waals surface area contributed by atoms with Crippen molar-refractivity contribution in [3.8, 4) is 11.5 Å². The highest BCUT2D eigenvalue weighted by Crippen LogP contribution is 2.55. The summed E-state index contributed by atoms with van der Waals surface area (Å²) in [5.41, 5.74) is 5.09. The molecule has 2 aromatic carbocycles. The maximum absolute atomic E-state index is 13.9. The van der Waals surface area contributed by atoms with E-state index >= 15 is 0 Å². The van der Waals surface area contributed by atoms with Crippen LogP contribution in [0.1, 0.15) is 64.9 Å². The molecule has 1 heterocycles. The highest BCUT2D eigenvalue weighted by Gasteiger charge is 2.49. The van der Waals surface area contributed by atoms with E-state index in [0.29, 0.717) is 24.3 Å². The molecule has 5 nitrogen and oxygen atoms in total. The Bertz CT molecular complexity index is 1250. The highest BCUT2D eigenvalue weighted by molar-refractivity contribution is 6.08. The number of allylic oxidation sites excluding steroid dienone is 4. The van der Waals surface area contributed by atoms with Crippen molar-refractivity contribution in [3.63, 3.8) is 0 Å². The van der Waals surface area contributed by atoms with Gasteiger partial charge in [0.2, 0.25) is 0 Å². The third-order valence-corrected chi connectivity index (χ3v) is 7.67. The summed E-state index contributed by atoms with van der Waals surface area (Å²) < 4.78 is 11.1. The van der Waals surface area contributed by atoms with Crippen molar-refractivity contribution in [2.45, 2.75) is 59.3 Å². The van der Waals surface area contributed by atoms with Gasteiger partial charge in [0.05, 0.1) is 14.2 Å². The van der Waals surface area contributed by atoms with Gasteiger partial charge in [0.1, 0.15) is 0 Å². The summed E-state index contributed by atoms with van der Waals surface area (Å²) >= 11 is 0. The molecule has 2 aliphatic carbocycles. The molecule has 0 radical (unpaired) electrons. The standard InChI is InChI=1S/C31H35NO4/c1-30(2)15-21-28(23(33)17-30)27(19-12-13-25(35-5)26(14-19)36-6)29-22(16-31(3,4)18-24(29)34)32(21)20-10-8-7-9-11-20/h7-14,27H,15-18H2,1-6H3. The molecule has 3 aliphatic rings. The Morgan fingerprint density at radius 2 is 1.25 bits per heavy atom. The van der Waals surface area contributed by atoms with Crippen LogP contribution in [-0.2, 0) is 9.59 Å². The van der Waals surface area contributed by atoms with Gasteiger partial charge in [0, 0.05) is 47.0 Å². The first-order valence-corrected chi connectivity index (χ1v) is 12.6. The van der Waals surface area contributed by atoms with E-state index in [1.165, 1.54) is 0 Å². The quantitative estimate of drug-likeness (QED) is 0.489. The molecule has 0 fully saturated rings. The average molecular weight is 486 g/mol. The second-order valence-electron chi connectivity index (χ2n) is 11.8. The number of Topliss-reactive ketones (excluding diaryl/α,β-unsaturated/α-hetero) is 2. The lowest BCUT2D eigenvalue weighted by Crippen LogP contribution is -2.44. The largest absolute Gasteiger partial charge is 0.493 e. The predicted octanol–water partition coefficient (Wildman–Crippen LogP) is 6.59. The summed E-state index contributed by atoms with van der Waals surface area (Å²) in [5, 5.41) is 0. The molecule has 0 unspecified atom stereocenters. The first-order valence-electron chi connectivity index (χ1n) is 12.6. The second-order valence-corrected chi connectivity index (χ2v) is 11.8. The van der Waals surface area contributed by atoms with Gasteiger partial charge in [-0.05, 0) is 53.5 Å². The Balaban J connectivity index is 1.82. The van der Waals surface area contributed by atoms with Gasteiger partial charge in [0.15, 0.2) is 23.1 Å². The van der Waals surface area contributed by atoms with E-state index in [4.69, 9.17) is 9.47 Å². The Hall–Kier alpha value is -3.34. The summed E-state index contributed by atoms with van der Waals surface area (Å²) in [7, 11) is 3.22. The minimum Gasteiger partial charge on any atom is -0.493 e. The number of carbonyl (C=O) groups is 2. The Morgan fingerprint density at radius 3 is 1.75 bits per heavy atom. The molecular weight excluding hydrogens is 450 g/mol. The van der Waals surface area contributed by atoms with E-state index in [2.05, 4.69) is 44.7 Å². The van der Waals surface area contributed by atoms with Crippen LogP contribution in [0.4, 0.5) is 5.69 Å². The number of carbonyl (C=O) groups excluding carboxylic acids is 2. The second kappa shape index (κ2) is 8.65. The van der Waals surface area contributed by atoms with Gasteiger partial charge in [-0.1, -0.05) is 52.0 Å². The van der Waals surface area contributed by atoms with Crippen LogP contribution in [0.2, 0.25) is 0 Å². The van der Waals surface area contributed by atoms with Gasteiger partial charge < -0.3 is 14.4 Å². The van der Waals surface area contributed by atoms with E-state index in [1.807, 2.05) is 36.4 Å². The van der Waals surface area contributed by atoms with Gasteiger partial charge in [-0.15, -0.1) is 0 Å². The number of rotatable bonds is 4. The van der Waals surface area contributed by atoms with Crippen LogP contribution in [0, 0.1) is 10.8 Å². The molecule has 0 amide bonds. The summed E-state index contributed by atoms with van der Waals surface area (Å²) in [5.74, 6) is 1.04. The van der Waals surface area contributed by atoms with Crippen molar-refractivity contribution in [2.75, 3.05) is 19.1 Å². The third kappa shape index (κ3) is 4.04. The first kappa shape index (κ1) is 24.4. The molecule has 0 bridgehead atoms. The zero-order valence-electron chi connectivity index (χ0n) is 22.1. The lowest BCUT2D eigenvalue weighted by atomic mass is 9.63. The Morgan fingerprint density at radius 1 is 0.722 bits per heavy atom. The molecule has 0 atom stereocenters. The van der Waals surface area contributed by atoms with Crippen molar-refractivity contribution in [2.24, 2.45) is 10.8 Å². The fourth-order valence-electron chi connectivity index (χ4n) is 6.22. The van der Waals surface area contributed by atoms with Gasteiger partial charge in [0.25, 0.3) is 0 Å². The molecule has 1 aliphatic heterocycles. The highest BCUT2D eigenvalue weighted by atomic mass is 16.5. The van der Waals surface area contributed by atoms with E-state index in [-0.39, 0.29) is 22.4 Å². The van der Waals surface area contributed by atoms with Crippen LogP contribution in [-0.4, -0.2) is 25.8 Å². The van der Waals surface area contributed by atoms with E-state index in [1.54, 1.807) is 14.2 Å². The monoisotopic (exact) mass is 485 g/mol. The average Bonchev–Trinajstić information content (AvgIpc) is 2.81. The maximum Gasteiger partial charge on any atom is 0.162 e. The minimum atomic E-state index is -0.415. The normalized spacial score (nSPS) is 21.3. The van der Waals surface area contributed by atoms with Crippen molar-refractivity contribution in [1.82, 2.24) is 0 Å². The number of hydrogen-bond acceptors (Lipinski definition) is 5. The maximum atomic E-state index is 13.9. The van der Waals surface area contributed by atoms with Gasteiger partial charge in [-0.3, -0.25) is 9.59 Å². The molecule has 0 aromatic heterocycles. The minimum absolute atomic E-state index is 0.117. The van der Waals surface area contributed by atoms with Crippen molar-refractivity contribution < 1.29 is 19.1 Å². The van der Waals surface area contributed by atoms with Crippen LogP contribution in [0.5, 0.6) is 11.5 Å². The lowest BCUT2D eigenvalue weighted by Gasteiger charge is -2.49. The van der Waals surface area contributed by atoms with Gasteiger partial charge >= 0.3 is 0 Å². The van der Waals surface area contributed by atoms with Crippen molar-refractivity contribution in [1.29, 1.82) is 0 Å². The number of methoxy groups -OCH3 is 2. The molecule has 36 heavy (non-hydrogen) atoms. The number of hydrogen-bond donors (Lipinski definition) is 0. The van der Waals surface area contributed by atoms with E-state index in [9.17, 15) is 9.59 Å². The number of para-hydroxylation sites is 1. The van der Waals surface area contributed by atoms with Crippen LogP contribution in [0.3, 0.4) is 0 Å². The fraction of sp³-hybridized carbons (Fsp3) is 0.419. The topological polar surface area (TPSA) is 55.8 Å². The fourth-order valence-corrected chi connectivity index (χ4v) is 6.22. The molecule has 0 spiro atoms.